The molecule has 1 aliphatic heterocycles. The van der Waals surface area contributed by atoms with Crippen molar-refractivity contribution in [1.29, 1.82) is 0 Å². The predicted octanol–water partition coefficient (Wildman–Crippen LogP) is 0.115. The van der Waals surface area contributed by atoms with Crippen LogP contribution in [-0.4, -0.2) is 50.0 Å². The van der Waals surface area contributed by atoms with E-state index in [0.29, 0.717) is 30.3 Å². The fourth-order valence-electron chi connectivity index (χ4n) is 2.76. The summed E-state index contributed by atoms with van der Waals surface area (Å²) in [7, 11) is 0. The van der Waals surface area contributed by atoms with Crippen LogP contribution >= 0.6 is 0 Å². The molecule has 2 aromatic rings. The van der Waals surface area contributed by atoms with Crippen LogP contribution in [0.25, 0.3) is 10.9 Å². The van der Waals surface area contributed by atoms with Gasteiger partial charge < -0.3 is 10.0 Å². The van der Waals surface area contributed by atoms with Crippen LogP contribution in [0.1, 0.15) is 12.8 Å². The van der Waals surface area contributed by atoms with Gasteiger partial charge in [-0.2, -0.15) is 0 Å². The van der Waals surface area contributed by atoms with Gasteiger partial charge in [-0.05, 0) is 25.0 Å². The van der Waals surface area contributed by atoms with Gasteiger partial charge in [-0.15, -0.1) is 5.10 Å². The number of rotatable bonds is 3. The quantitative estimate of drug-likeness (QED) is 0.862. The molecule has 23 heavy (non-hydrogen) atoms. The SMILES string of the molecule is O=C(O)C1CCCN(C(=O)Cn2nnc3ccccc3c2=O)C1. The number of aliphatic carboxylic acids is 1. The number of nitrogens with zero attached hydrogens (tertiary/aromatic N) is 4. The highest BCUT2D eigenvalue weighted by molar-refractivity contribution is 5.79. The third kappa shape index (κ3) is 3.05. The number of piperidine rings is 1. The molecule has 0 radical (unpaired) electrons. The summed E-state index contributed by atoms with van der Waals surface area (Å²) < 4.78 is 1.02. The van der Waals surface area contributed by atoms with E-state index in [-0.39, 0.29) is 24.6 Å². The highest BCUT2D eigenvalue weighted by atomic mass is 16.4. The molecule has 1 aliphatic rings. The highest BCUT2D eigenvalue weighted by Crippen LogP contribution is 2.16. The first-order chi connectivity index (χ1) is 11.1. The number of hydrogen-bond donors (Lipinski definition) is 1. The van der Waals surface area contributed by atoms with Crippen LogP contribution in [0.2, 0.25) is 0 Å². The maximum Gasteiger partial charge on any atom is 0.308 e. The van der Waals surface area contributed by atoms with Gasteiger partial charge in [-0.3, -0.25) is 14.4 Å². The lowest BCUT2D eigenvalue weighted by atomic mass is 9.98. The van der Waals surface area contributed by atoms with E-state index >= 15 is 0 Å². The second-order valence-electron chi connectivity index (χ2n) is 5.59. The Hall–Kier alpha value is -2.77. The van der Waals surface area contributed by atoms with Crippen LogP contribution in [0.4, 0.5) is 0 Å². The van der Waals surface area contributed by atoms with Crippen molar-refractivity contribution in [2.75, 3.05) is 13.1 Å². The molecule has 0 aliphatic carbocycles. The standard InChI is InChI=1S/C15H16N4O4/c20-13(18-7-3-4-10(8-18)15(22)23)9-19-14(21)11-5-1-2-6-12(11)16-17-19/h1-2,5-6,10H,3-4,7-9H2,(H,22,23). The molecule has 1 amide bonds. The lowest BCUT2D eigenvalue weighted by Gasteiger charge is -2.30. The molecule has 1 fully saturated rings. The topological polar surface area (TPSA) is 105 Å². The second kappa shape index (κ2) is 6.15. The molecular formula is C15H16N4O4. The lowest BCUT2D eigenvalue weighted by Crippen LogP contribution is -2.45. The Labute approximate surface area is 131 Å². The van der Waals surface area contributed by atoms with E-state index in [1.807, 2.05) is 0 Å². The fraction of sp³-hybridized carbons (Fsp3) is 0.400. The Morgan fingerprint density at radius 1 is 1.30 bits per heavy atom. The molecule has 1 saturated heterocycles. The van der Waals surface area contributed by atoms with Gasteiger partial charge in [0.15, 0.2) is 0 Å². The molecule has 2 heterocycles. The maximum absolute atomic E-state index is 12.3. The lowest BCUT2D eigenvalue weighted by molar-refractivity contribution is -0.145. The summed E-state index contributed by atoms with van der Waals surface area (Å²) in [4.78, 5) is 37.2. The average Bonchev–Trinajstić information content (AvgIpc) is 2.57. The highest BCUT2D eigenvalue weighted by Gasteiger charge is 2.28. The first-order valence-electron chi connectivity index (χ1n) is 7.39. The maximum atomic E-state index is 12.3. The molecule has 1 aromatic heterocycles. The second-order valence-corrected chi connectivity index (χ2v) is 5.59. The van der Waals surface area contributed by atoms with Gasteiger partial charge in [-0.25, -0.2) is 4.68 Å². The minimum absolute atomic E-state index is 0.171. The fourth-order valence-corrected chi connectivity index (χ4v) is 2.76. The minimum Gasteiger partial charge on any atom is -0.481 e. The van der Waals surface area contributed by atoms with Crippen LogP contribution < -0.4 is 5.56 Å². The molecule has 1 atom stereocenters. The Morgan fingerprint density at radius 2 is 2.09 bits per heavy atom. The first-order valence-corrected chi connectivity index (χ1v) is 7.39. The van der Waals surface area contributed by atoms with Crippen LogP contribution in [0, 0.1) is 5.92 Å². The molecule has 3 rings (SSSR count). The summed E-state index contributed by atoms with van der Waals surface area (Å²) in [6, 6.07) is 6.79. The largest absolute Gasteiger partial charge is 0.481 e. The summed E-state index contributed by atoms with van der Waals surface area (Å²) in [5, 5.41) is 17.2. The molecule has 0 bridgehead atoms. The van der Waals surface area contributed by atoms with Gasteiger partial charge in [0.05, 0.1) is 11.3 Å². The number of carboxylic acids is 1. The minimum atomic E-state index is -0.898. The molecule has 120 valence electrons. The normalized spacial score (nSPS) is 18.1. The summed E-state index contributed by atoms with van der Waals surface area (Å²) in [5.74, 6) is -1.76. The van der Waals surface area contributed by atoms with Crippen LogP contribution in [0.3, 0.4) is 0 Å². The number of fused-ring (bicyclic) bond motifs is 1. The number of carbonyl (C=O) groups is 2. The van der Waals surface area contributed by atoms with Crippen molar-refractivity contribution in [2.24, 2.45) is 5.92 Å². The molecule has 1 N–H and O–H groups in total. The van der Waals surface area contributed by atoms with Crippen molar-refractivity contribution < 1.29 is 14.7 Å². The van der Waals surface area contributed by atoms with Crippen molar-refractivity contribution >= 4 is 22.8 Å². The van der Waals surface area contributed by atoms with E-state index in [1.165, 1.54) is 4.90 Å². The molecule has 8 nitrogen and oxygen atoms in total. The number of aromatic nitrogens is 3. The predicted molar refractivity (Wildman–Crippen MR) is 80.7 cm³/mol. The van der Waals surface area contributed by atoms with Gasteiger partial charge in [-0.1, -0.05) is 17.3 Å². The first kappa shape index (κ1) is 15.1. The summed E-state index contributed by atoms with van der Waals surface area (Å²) in [6.07, 6.45) is 1.20. The summed E-state index contributed by atoms with van der Waals surface area (Å²) in [6.45, 7) is 0.436. The third-order valence-electron chi connectivity index (χ3n) is 4.04. The Balaban J connectivity index is 1.79. The summed E-state index contributed by atoms with van der Waals surface area (Å²) in [5.41, 5.74) is 0.0980. The Kier molecular flexibility index (Phi) is 4.05. The zero-order chi connectivity index (χ0) is 16.4. The number of likely N-dealkylation sites (tertiary alicyclic amines) is 1. The van der Waals surface area contributed by atoms with Gasteiger partial charge in [0.2, 0.25) is 5.91 Å². The molecule has 0 saturated carbocycles. The van der Waals surface area contributed by atoms with Crippen LogP contribution in [0.15, 0.2) is 29.1 Å². The average molecular weight is 316 g/mol. The van der Waals surface area contributed by atoms with E-state index in [9.17, 15) is 14.4 Å². The zero-order valence-corrected chi connectivity index (χ0v) is 12.4. The Morgan fingerprint density at radius 3 is 2.87 bits per heavy atom. The number of carbonyl (C=O) groups excluding carboxylic acids is 1. The number of carboxylic acid groups (broad SMARTS) is 1. The number of amides is 1. The molecule has 1 unspecified atom stereocenters. The van der Waals surface area contributed by atoms with Gasteiger partial charge in [0.1, 0.15) is 12.1 Å². The van der Waals surface area contributed by atoms with Crippen molar-refractivity contribution in [1.82, 2.24) is 19.9 Å². The van der Waals surface area contributed by atoms with E-state index in [2.05, 4.69) is 10.3 Å². The number of hydrogen-bond acceptors (Lipinski definition) is 5. The van der Waals surface area contributed by atoms with Crippen molar-refractivity contribution in [3.63, 3.8) is 0 Å². The van der Waals surface area contributed by atoms with Crippen molar-refractivity contribution in [3.8, 4) is 0 Å². The van der Waals surface area contributed by atoms with Crippen LogP contribution in [-0.2, 0) is 16.1 Å². The van der Waals surface area contributed by atoms with Gasteiger partial charge in [0.25, 0.3) is 5.56 Å². The van der Waals surface area contributed by atoms with E-state index < -0.39 is 11.9 Å². The smallest absolute Gasteiger partial charge is 0.308 e. The van der Waals surface area contributed by atoms with E-state index in [4.69, 9.17) is 5.11 Å². The molecule has 8 heteroatoms. The Bertz CT molecular complexity index is 816. The van der Waals surface area contributed by atoms with Crippen molar-refractivity contribution in [2.45, 2.75) is 19.4 Å². The van der Waals surface area contributed by atoms with Gasteiger partial charge in [0, 0.05) is 13.1 Å². The molecular weight excluding hydrogens is 300 g/mol. The molecule has 0 spiro atoms. The third-order valence-corrected chi connectivity index (χ3v) is 4.04. The molecule has 1 aromatic carbocycles. The number of benzene rings is 1. The zero-order valence-electron chi connectivity index (χ0n) is 12.4. The van der Waals surface area contributed by atoms with E-state index in [0.717, 1.165) is 4.68 Å². The van der Waals surface area contributed by atoms with Crippen LogP contribution in [0.5, 0.6) is 0 Å². The monoisotopic (exact) mass is 316 g/mol. The van der Waals surface area contributed by atoms with E-state index in [1.54, 1.807) is 24.3 Å². The summed E-state index contributed by atoms with van der Waals surface area (Å²) >= 11 is 0. The van der Waals surface area contributed by atoms with Gasteiger partial charge >= 0.3 is 5.97 Å². The van der Waals surface area contributed by atoms with Crippen molar-refractivity contribution in [3.05, 3.63) is 34.6 Å².